The molecule has 0 spiro atoms. The van der Waals surface area contributed by atoms with Crippen LogP contribution in [0.2, 0.25) is 0 Å². The fourth-order valence-corrected chi connectivity index (χ4v) is 3.75. The van der Waals surface area contributed by atoms with Crippen molar-refractivity contribution in [2.75, 3.05) is 24.9 Å². The molecule has 0 aliphatic rings. The molecule has 0 radical (unpaired) electrons. The Bertz CT molecular complexity index is 1070. The van der Waals surface area contributed by atoms with Crippen LogP contribution in [0.15, 0.2) is 42.5 Å². The number of ketones is 1. The Morgan fingerprint density at radius 2 is 1.88 bits per heavy atom. The van der Waals surface area contributed by atoms with Crippen molar-refractivity contribution >= 4 is 28.5 Å². The Morgan fingerprint density at radius 3 is 2.61 bits per heavy atom. The van der Waals surface area contributed by atoms with Gasteiger partial charge in [-0.05, 0) is 44.0 Å². The molecule has 2 N–H and O–H groups in total. The summed E-state index contributed by atoms with van der Waals surface area (Å²) in [7, 11) is 3.28. The molecule has 0 saturated carbocycles. The highest BCUT2D eigenvalue weighted by Crippen LogP contribution is 2.27. The third kappa shape index (κ3) is 6.81. The number of anilines is 2. The lowest BCUT2D eigenvalue weighted by molar-refractivity contribution is -0.117. The molecule has 7 heteroatoms. The number of ether oxygens (including phenoxy) is 2. The molecule has 176 valence electrons. The molecule has 0 bridgehead atoms. The second-order valence-electron chi connectivity index (χ2n) is 8.17. The van der Waals surface area contributed by atoms with E-state index < -0.39 is 0 Å². The number of hydrogen-bond donors (Lipinski definition) is 2. The SMILES string of the molecule is CCCC[C@H](CCC(C)=O)Nc1nc(NCc2ccc(OC)cc2OC)nc2ccccc12. The second kappa shape index (κ2) is 12.0. The molecule has 2 aromatic carbocycles. The first-order valence-electron chi connectivity index (χ1n) is 11.5. The van der Waals surface area contributed by atoms with E-state index in [0.29, 0.717) is 18.9 Å². The van der Waals surface area contributed by atoms with Crippen LogP contribution in [-0.4, -0.2) is 36.0 Å². The van der Waals surface area contributed by atoms with E-state index in [-0.39, 0.29) is 11.8 Å². The van der Waals surface area contributed by atoms with Crippen LogP contribution < -0.4 is 20.1 Å². The second-order valence-corrected chi connectivity index (χ2v) is 8.17. The van der Waals surface area contributed by atoms with Crippen molar-refractivity contribution in [3.8, 4) is 11.5 Å². The number of fused-ring (bicyclic) bond motifs is 1. The number of Topliss-reactive ketones (excluding diaryl/α,β-unsaturated/α-hetero) is 1. The average Bonchev–Trinajstić information content (AvgIpc) is 2.84. The summed E-state index contributed by atoms with van der Waals surface area (Å²) in [5, 5.41) is 7.91. The lowest BCUT2D eigenvalue weighted by Gasteiger charge is -2.20. The summed E-state index contributed by atoms with van der Waals surface area (Å²) in [4.78, 5) is 21.1. The molecule has 0 unspecified atom stereocenters. The van der Waals surface area contributed by atoms with Crippen LogP contribution in [-0.2, 0) is 11.3 Å². The third-order valence-electron chi connectivity index (χ3n) is 5.63. The Labute approximate surface area is 195 Å². The predicted octanol–water partition coefficient (Wildman–Crippen LogP) is 5.60. The average molecular weight is 451 g/mol. The van der Waals surface area contributed by atoms with Crippen molar-refractivity contribution in [2.45, 2.75) is 58.5 Å². The van der Waals surface area contributed by atoms with E-state index in [1.54, 1.807) is 21.1 Å². The molecule has 3 aromatic rings. The first-order valence-corrected chi connectivity index (χ1v) is 11.5. The van der Waals surface area contributed by atoms with Crippen molar-refractivity contribution < 1.29 is 14.3 Å². The van der Waals surface area contributed by atoms with Gasteiger partial charge in [0.15, 0.2) is 0 Å². The van der Waals surface area contributed by atoms with Crippen LogP contribution in [0.25, 0.3) is 10.9 Å². The summed E-state index contributed by atoms with van der Waals surface area (Å²) >= 11 is 0. The first-order chi connectivity index (χ1) is 16.0. The smallest absolute Gasteiger partial charge is 0.225 e. The molecule has 0 saturated heterocycles. The largest absolute Gasteiger partial charge is 0.497 e. The fraction of sp³-hybridized carbons (Fsp3) is 0.423. The monoisotopic (exact) mass is 450 g/mol. The highest BCUT2D eigenvalue weighted by atomic mass is 16.5. The van der Waals surface area contributed by atoms with E-state index in [1.807, 2.05) is 42.5 Å². The van der Waals surface area contributed by atoms with Crippen LogP contribution >= 0.6 is 0 Å². The lowest BCUT2D eigenvalue weighted by Crippen LogP contribution is -2.22. The molecule has 33 heavy (non-hydrogen) atoms. The molecule has 0 amide bonds. The molecule has 0 fully saturated rings. The molecule has 7 nitrogen and oxygen atoms in total. The minimum atomic E-state index is 0.182. The van der Waals surface area contributed by atoms with E-state index >= 15 is 0 Å². The fourth-order valence-electron chi connectivity index (χ4n) is 3.75. The van der Waals surface area contributed by atoms with Gasteiger partial charge in [-0.3, -0.25) is 0 Å². The number of nitrogens with zero attached hydrogens (tertiary/aromatic N) is 2. The highest BCUT2D eigenvalue weighted by Gasteiger charge is 2.14. The van der Waals surface area contributed by atoms with Gasteiger partial charge < -0.3 is 24.9 Å². The van der Waals surface area contributed by atoms with Gasteiger partial charge >= 0.3 is 0 Å². The number of nitrogens with one attached hydrogen (secondary N) is 2. The number of carbonyl (C=O) groups is 1. The maximum atomic E-state index is 11.6. The number of hydrogen-bond acceptors (Lipinski definition) is 7. The van der Waals surface area contributed by atoms with Crippen LogP contribution in [0.3, 0.4) is 0 Å². The summed E-state index contributed by atoms with van der Waals surface area (Å²) in [6.45, 7) is 4.33. The van der Waals surface area contributed by atoms with Gasteiger partial charge in [-0.2, -0.15) is 4.98 Å². The van der Waals surface area contributed by atoms with E-state index in [0.717, 1.165) is 59.5 Å². The van der Waals surface area contributed by atoms with Gasteiger partial charge in [0.1, 0.15) is 23.1 Å². The number of carbonyl (C=O) groups excluding carboxylic acids is 1. The minimum absolute atomic E-state index is 0.182. The lowest BCUT2D eigenvalue weighted by atomic mass is 10.0. The van der Waals surface area contributed by atoms with Gasteiger partial charge in [0, 0.05) is 36.0 Å². The van der Waals surface area contributed by atoms with Crippen LogP contribution in [0, 0.1) is 0 Å². The number of para-hydroxylation sites is 1. The zero-order chi connectivity index (χ0) is 23.6. The van der Waals surface area contributed by atoms with E-state index in [1.165, 1.54) is 0 Å². The van der Waals surface area contributed by atoms with Crippen molar-refractivity contribution in [2.24, 2.45) is 0 Å². The van der Waals surface area contributed by atoms with E-state index in [4.69, 9.17) is 19.4 Å². The van der Waals surface area contributed by atoms with Crippen molar-refractivity contribution in [1.29, 1.82) is 0 Å². The van der Waals surface area contributed by atoms with Gasteiger partial charge in [0.05, 0.1) is 19.7 Å². The highest BCUT2D eigenvalue weighted by molar-refractivity contribution is 5.90. The minimum Gasteiger partial charge on any atom is -0.497 e. The van der Waals surface area contributed by atoms with Gasteiger partial charge in [0.2, 0.25) is 5.95 Å². The normalized spacial score (nSPS) is 11.8. The molecule has 1 atom stereocenters. The van der Waals surface area contributed by atoms with Crippen molar-refractivity contribution in [1.82, 2.24) is 9.97 Å². The Kier molecular flexibility index (Phi) is 8.87. The Morgan fingerprint density at radius 1 is 1.06 bits per heavy atom. The van der Waals surface area contributed by atoms with Crippen LogP contribution in [0.4, 0.5) is 11.8 Å². The quantitative estimate of drug-likeness (QED) is 0.351. The molecule has 3 rings (SSSR count). The van der Waals surface area contributed by atoms with Gasteiger partial charge in [0.25, 0.3) is 0 Å². The van der Waals surface area contributed by atoms with E-state index in [9.17, 15) is 4.79 Å². The molecular formula is C26H34N4O3. The molecule has 0 aliphatic carbocycles. The van der Waals surface area contributed by atoms with E-state index in [2.05, 4.69) is 17.6 Å². The van der Waals surface area contributed by atoms with Crippen LogP contribution in [0.1, 0.15) is 51.5 Å². The zero-order valence-electron chi connectivity index (χ0n) is 20.0. The first kappa shape index (κ1) is 24.3. The maximum absolute atomic E-state index is 11.6. The summed E-state index contributed by atoms with van der Waals surface area (Å²) < 4.78 is 10.8. The summed E-state index contributed by atoms with van der Waals surface area (Å²) in [5.41, 5.74) is 1.84. The maximum Gasteiger partial charge on any atom is 0.225 e. The number of aromatic nitrogens is 2. The Balaban J connectivity index is 1.84. The number of unbranched alkanes of at least 4 members (excludes halogenated alkanes) is 1. The summed E-state index contributed by atoms with van der Waals surface area (Å²) in [6.07, 6.45) is 4.56. The van der Waals surface area contributed by atoms with Gasteiger partial charge in [-0.1, -0.05) is 31.9 Å². The number of benzene rings is 2. The third-order valence-corrected chi connectivity index (χ3v) is 5.63. The molecule has 1 aromatic heterocycles. The number of rotatable bonds is 13. The topological polar surface area (TPSA) is 85.4 Å². The van der Waals surface area contributed by atoms with Crippen LogP contribution in [0.5, 0.6) is 11.5 Å². The summed E-state index contributed by atoms with van der Waals surface area (Å²) in [6, 6.07) is 13.9. The molecule has 1 heterocycles. The summed E-state index contributed by atoms with van der Waals surface area (Å²) in [5.74, 6) is 3.02. The standard InChI is InChI=1S/C26H34N4O3/c1-5-6-9-20(14-12-18(2)31)28-25-22-10-7-8-11-23(22)29-26(30-25)27-17-19-13-15-21(32-3)16-24(19)33-4/h7-8,10-11,13,15-16,20H,5-6,9,12,14,17H2,1-4H3,(H2,27,28,29,30)/t20-/m1/s1. The zero-order valence-corrected chi connectivity index (χ0v) is 20.0. The molecule has 0 aliphatic heterocycles. The molecular weight excluding hydrogens is 416 g/mol. The predicted molar refractivity (Wildman–Crippen MR) is 133 cm³/mol. The Hall–Kier alpha value is -3.35. The van der Waals surface area contributed by atoms with Gasteiger partial charge in [-0.25, -0.2) is 4.98 Å². The van der Waals surface area contributed by atoms with Crippen molar-refractivity contribution in [3.05, 3.63) is 48.0 Å². The number of methoxy groups -OCH3 is 2. The van der Waals surface area contributed by atoms with Gasteiger partial charge in [-0.15, -0.1) is 0 Å². The van der Waals surface area contributed by atoms with Crippen molar-refractivity contribution in [3.63, 3.8) is 0 Å².